The van der Waals surface area contributed by atoms with Gasteiger partial charge in [-0.05, 0) is 29.0 Å². The van der Waals surface area contributed by atoms with Crippen molar-refractivity contribution in [1.82, 2.24) is 0 Å². The highest BCUT2D eigenvalue weighted by Gasteiger charge is 2.24. The van der Waals surface area contributed by atoms with Gasteiger partial charge in [-0.1, -0.05) is 64.4 Å². The predicted octanol–water partition coefficient (Wildman–Crippen LogP) is 5.29. The van der Waals surface area contributed by atoms with Gasteiger partial charge in [0.1, 0.15) is 5.75 Å². The second kappa shape index (κ2) is 7.38. The van der Waals surface area contributed by atoms with Crippen molar-refractivity contribution in [2.75, 3.05) is 13.4 Å². The Bertz CT molecular complexity index is 729. The van der Waals surface area contributed by atoms with E-state index in [1.165, 1.54) is 28.9 Å². The van der Waals surface area contributed by atoms with E-state index in [2.05, 4.69) is 52.0 Å². The third-order valence-electron chi connectivity index (χ3n) is 4.52. The van der Waals surface area contributed by atoms with E-state index >= 15 is 0 Å². The van der Waals surface area contributed by atoms with Gasteiger partial charge < -0.3 is 14.2 Å². The van der Waals surface area contributed by atoms with Crippen LogP contribution in [-0.4, -0.2) is 13.4 Å². The lowest BCUT2D eigenvalue weighted by atomic mass is 9.86. The molecule has 2 aromatic rings. The van der Waals surface area contributed by atoms with Crippen molar-refractivity contribution in [2.45, 2.75) is 52.4 Å². The lowest BCUT2D eigenvalue weighted by Gasteiger charge is -2.20. The molecule has 0 saturated heterocycles. The van der Waals surface area contributed by atoms with E-state index in [4.69, 9.17) is 14.2 Å². The molecule has 0 saturated carbocycles. The smallest absolute Gasteiger partial charge is 0.231 e. The summed E-state index contributed by atoms with van der Waals surface area (Å²) < 4.78 is 16.3. The molecule has 134 valence electrons. The van der Waals surface area contributed by atoms with Gasteiger partial charge >= 0.3 is 0 Å². The largest absolute Gasteiger partial charge is 0.493 e. The van der Waals surface area contributed by atoms with E-state index in [0.717, 1.165) is 30.9 Å². The Morgan fingerprint density at radius 3 is 2.48 bits per heavy atom. The summed E-state index contributed by atoms with van der Waals surface area (Å²) in [5.41, 5.74) is 4.09. The molecule has 0 amide bonds. The first-order valence-corrected chi connectivity index (χ1v) is 9.13. The van der Waals surface area contributed by atoms with Crippen molar-refractivity contribution in [3.63, 3.8) is 0 Å². The van der Waals surface area contributed by atoms with E-state index < -0.39 is 0 Å². The molecule has 2 aliphatic rings. The van der Waals surface area contributed by atoms with Gasteiger partial charge in [0.15, 0.2) is 11.5 Å². The SMILES string of the molecule is CC(C)(C)c1cccc2c1OCO2.CCCc1cccc2c1OCC2. The topological polar surface area (TPSA) is 27.7 Å². The predicted molar refractivity (Wildman–Crippen MR) is 101 cm³/mol. The summed E-state index contributed by atoms with van der Waals surface area (Å²) in [4.78, 5) is 0. The van der Waals surface area contributed by atoms with Gasteiger partial charge in [0, 0.05) is 12.0 Å². The minimum absolute atomic E-state index is 0.110. The maximum Gasteiger partial charge on any atom is 0.231 e. The summed E-state index contributed by atoms with van der Waals surface area (Å²) in [5.74, 6) is 2.95. The Hall–Kier alpha value is -2.16. The molecule has 3 nitrogen and oxygen atoms in total. The van der Waals surface area contributed by atoms with E-state index in [-0.39, 0.29) is 5.41 Å². The molecule has 0 aliphatic carbocycles. The van der Waals surface area contributed by atoms with Crippen LogP contribution in [0.25, 0.3) is 0 Å². The van der Waals surface area contributed by atoms with Gasteiger partial charge in [-0.3, -0.25) is 0 Å². The lowest BCUT2D eigenvalue weighted by molar-refractivity contribution is 0.172. The van der Waals surface area contributed by atoms with Crippen molar-refractivity contribution in [1.29, 1.82) is 0 Å². The van der Waals surface area contributed by atoms with Crippen molar-refractivity contribution in [3.05, 3.63) is 53.1 Å². The molecule has 25 heavy (non-hydrogen) atoms. The van der Waals surface area contributed by atoms with Crippen molar-refractivity contribution in [3.8, 4) is 17.2 Å². The molecule has 0 spiro atoms. The Morgan fingerprint density at radius 1 is 0.920 bits per heavy atom. The number of para-hydroxylation sites is 2. The van der Waals surface area contributed by atoms with Crippen LogP contribution in [0, 0.1) is 0 Å². The minimum atomic E-state index is 0.110. The second-order valence-corrected chi connectivity index (χ2v) is 7.54. The highest BCUT2D eigenvalue weighted by Crippen LogP contribution is 2.41. The van der Waals surface area contributed by atoms with Gasteiger partial charge in [0.05, 0.1) is 6.61 Å². The summed E-state index contributed by atoms with van der Waals surface area (Å²) in [6, 6.07) is 12.5. The Labute approximate surface area is 150 Å². The quantitative estimate of drug-likeness (QED) is 0.744. The summed E-state index contributed by atoms with van der Waals surface area (Å²) in [7, 11) is 0. The van der Waals surface area contributed by atoms with Gasteiger partial charge in [-0.15, -0.1) is 0 Å². The van der Waals surface area contributed by atoms with Crippen LogP contribution in [0.4, 0.5) is 0 Å². The Kier molecular flexibility index (Phi) is 5.22. The fourth-order valence-electron chi connectivity index (χ4n) is 3.27. The molecule has 0 N–H and O–H groups in total. The van der Waals surface area contributed by atoms with Gasteiger partial charge in [-0.2, -0.15) is 0 Å². The van der Waals surface area contributed by atoms with Crippen molar-refractivity contribution < 1.29 is 14.2 Å². The molecule has 0 fully saturated rings. The van der Waals surface area contributed by atoms with E-state index in [1.807, 2.05) is 12.1 Å². The lowest BCUT2D eigenvalue weighted by Crippen LogP contribution is -2.11. The number of benzene rings is 2. The molecule has 0 bridgehead atoms. The van der Waals surface area contributed by atoms with Crippen LogP contribution in [-0.2, 0) is 18.3 Å². The number of rotatable bonds is 2. The van der Waals surface area contributed by atoms with Crippen LogP contribution in [0.5, 0.6) is 17.2 Å². The standard InChI is InChI=1S/C11H14O2.C11H14O/c1-11(2,3)8-5-4-6-9-10(8)13-7-12-9;1-2-4-9-5-3-6-10-7-8-12-11(9)10/h4-6H,7H2,1-3H3;3,5-6H,2,4,7-8H2,1H3. The molecule has 0 atom stereocenters. The fraction of sp³-hybridized carbons (Fsp3) is 0.455. The summed E-state index contributed by atoms with van der Waals surface area (Å²) in [5, 5.41) is 0. The number of ether oxygens (including phenoxy) is 3. The average molecular weight is 340 g/mol. The molecule has 2 aromatic carbocycles. The molecule has 0 radical (unpaired) electrons. The molecular formula is C22H28O3. The Balaban J connectivity index is 0.000000146. The second-order valence-electron chi connectivity index (χ2n) is 7.54. The molecule has 2 heterocycles. The highest BCUT2D eigenvalue weighted by molar-refractivity contribution is 5.50. The number of aryl methyl sites for hydroxylation is 1. The molecule has 2 aliphatic heterocycles. The van der Waals surface area contributed by atoms with E-state index in [0.29, 0.717) is 6.79 Å². The number of hydrogen-bond donors (Lipinski definition) is 0. The van der Waals surface area contributed by atoms with E-state index in [1.54, 1.807) is 0 Å². The third-order valence-corrected chi connectivity index (χ3v) is 4.52. The minimum Gasteiger partial charge on any atom is -0.493 e. The normalized spacial score (nSPS) is 14.4. The van der Waals surface area contributed by atoms with Crippen molar-refractivity contribution >= 4 is 0 Å². The van der Waals surface area contributed by atoms with Crippen LogP contribution in [0.1, 0.15) is 50.8 Å². The summed E-state index contributed by atoms with van der Waals surface area (Å²) in [6.07, 6.45) is 3.43. The first-order valence-electron chi connectivity index (χ1n) is 9.13. The van der Waals surface area contributed by atoms with E-state index in [9.17, 15) is 0 Å². The monoisotopic (exact) mass is 340 g/mol. The molecule has 4 rings (SSSR count). The first kappa shape index (κ1) is 17.7. The zero-order chi connectivity index (χ0) is 17.9. The molecular weight excluding hydrogens is 312 g/mol. The zero-order valence-electron chi connectivity index (χ0n) is 15.7. The van der Waals surface area contributed by atoms with Crippen LogP contribution in [0.15, 0.2) is 36.4 Å². The first-order chi connectivity index (χ1) is 12.0. The third kappa shape index (κ3) is 3.92. The average Bonchev–Trinajstić information content (AvgIpc) is 3.24. The fourth-order valence-corrected chi connectivity index (χ4v) is 3.27. The Morgan fingerprint density at radius 2 is 1.72 bits per heavy atom. The van der Waals surface area contributed by atoms with Crippen LogP contribution in [0.3, 0.4) is 0 Å². The van der Waals surface area contributed by atoms with Crippen LogP contribution >= 0.6 is 0 Å². The number of hydrogen-bond acceptors (Lipinski definition) is 3. The van der Waals surface area contributed by atoms with Crippen LogP contribution < -0.4 is 14.2 Å². The maximum absolute atomic E-state index is 5.58. The molecule has 0 aromatic heterocycles. The summed E-state index contributed by atoms with van der Waals surface area (Å²) in [6.45, 7) is 9.94. The van der Waals surface area contributed by atoms with Crippen LogP contribution in [0.2, 0.25) is 0 Å². The zero-order valence-corrected chi connectivity index (χ0v) is 15.7. The van der Waals surface area contributed by atoms with Gasteiger partial charge in [0.25, 0.3) is 0 Å². The van der Waals surface area contributed by atoms with Crippen molar-refractivity contribution in [2.24, 2.45) is 0 Å². The number of fused-ring (bicyclic) bond motifs is 2. The van der Waals surface area contributed by atoms with Gasteiger partial charge in [-0.25, -0.2) is 0 Å². The molecule has 0 unspecified atom stereocenters. The van der Waals surface area contributed by atoms with Gasteiger partial charge in [0.2, 0.25) is 6.79 Å². The maximum atomic E-state index is 5.58. The summed E-state index contributed by atoms with van der Waals surface area (Å²) >= 11 is 0. The molecule has 3 heteroatoms. The highest BCUT2D eigenvalue weighted by atomic mass is 16.7.